The van der Waals surface area contributed by atoms with E-state index in [9.17, 15) is 0 Å². The molecule has 2 rings (SSSR count). The van der Waals surface area contributed by atoms with Crippen LogP contribution in [0.1, 0.15) is 58.9 Å². The van der Waals surface area contributed by atoms with E-state index < -0.39 is 0 Å². The van der Waals surface area contributed by atoms with E-state index in [0.717, 1.165) is 30.8 Å². The van der Waals surface area contributed by atoms with Crippen LogP contribution in [0.25, 0.3) is 0 Å². The van der Waals surface area contributed by atoms with Crippen LogP contribution in [0.2, 0.25) is 5.02 Å². The van der Waals surface area contributed by atoms with Crippen LogP contribution < -0.4 is 10.2 Å². The van der Waals surface area contributed by atoms with Gasteiger partial charge in [-0.05, 0) is 80.3 Å². The number of nitrogens with one attached hydrogen (secondary N) is 1. The average Bonchev–Trinajstić information content (AvgIpc) is 2.64. The molecule has 1 aromatic rings. The second kappa shape index (κ2) is 12.1. The molecule has 3 nitrogen and oxygen atoms in total. The van der Waals surface area contributed by atoms with Gasteiger partial charge in [0, 0.05) is 29.6 Å². The topological polar surface area (TPSA) is 32.3 Å². The van der Waals surface area contributed by atoms with Gasteiger partial charge in [-0.2, -0.15) is 12.6 Å². The molecule has 1 aliphatic rings. The number of carbonyl (C=O) groups excluding carboxylic acids is 1. The third-order valence-corrected chi connectivity index (χ3v) is 5.78. The maximum Gasteiger partial charge on any atom is 0.129 e. The summed E-state index contributed by atoms with van der Waals surface area (Å²) in [5.74, 6) is 0.333. The molecule has 5 heteroatoms. The van der Waals surface area contributed by atoms with Gasteiger partial charge in [-0.25, -0.2) is 0 Å². The summed E-state index contributed by atoms with van der Waals surface area (Å²) in [7, 11) is 2.04. The lowest BCUT2D eigenvalue weighted by Gasteiger charge is -2.38. The number of aldehydes is 1. The molecule has 1 N–H and O–H groups in total. The monoisotopic (exact) mass is 426 g/mol. The lowest BCUT2D eigenvalue weighted by atomic mass is 9.72. The van der Waals surface area contributed by atoms with Crippen molar-refractivity contribution < 1.29 is 4.79 Å². The Morgan fingerprint density at radius 2 is 1.86 bits per heavy atom. The zero-order valence-electron chi connectivity index (χ0n) is 18.4. The molecule has 0 saturated carbocycles. The molecule has 0 spiro atoms. The van der Waals surface area contributed by atoms with Gasteiger partial charge in [-0.1, -0.05) is 39.3 Å². The second-order valence-corrected chi connectivity index (χ2v) is 10.1. The molecular formula is C23H39ClN2OS. The van der Waals surface area contributed by atoms with Crippen molar-refractivity contribution in [1.82, 2.24) is 5.32 Å². The van der Waals surface area contributed by atoms with Crippen LogP contribution >= 0.6 is 24.2 Å². The molecule has 1 aliphatic heterocycles. The molecule has 0 saturated heterocycles. The molecule has 1 aromatic carbocycles. The molecule has 0 aliphatic carbocycles. The van der Waals surface area contributed by atoms with E-state index in [1.54, 1.807) is 0 Å². The van der Waals surface area contributed by atoms with E-state index >= 15 is 0 Å². The molecule has 0 radical (unpaired) electrons. The minimum absolute atomic E-state index is 0.333. The van der Waals surface area contributed by atoms with E-state index in [1.165, 1.54) is 43.5 Å². The Hall–Kier alpha value is -0.710. The molecule has 0 atom stereocenters. The highest BCUT2D eigenvalue weighted by atomic mass is 35.5. The minimum atomic E-state index is 0.333. The summed E-state index contributed by atoms with van der Waals surface area (Å²) in [5, 5.41) is 4.15. The van der Waals surface area contributed by atoms with Crippen molar-refractivity contribution in [2.45, 2.75) is 59.8 Å². The predicted molar refractivity (Wildman–Crippen MR) is 127 cm³/mol. The number of benzene rings is 1. The molecule has 28 heavy (non-hydrogen) atoms. The number of thiol groups is 1. The smallest absolute Gasteiger partial charge is 0.129 e. The lowest BCUT2D eigenvalue weighted by Crippen LogP contribution is -2.34. The Morgan fingerprint density at radius 3 is 2.46 bits per heavy atom. The summed E-state index contributed by atoms with van der Waals surface area (Å²) < 4.78 is 0. The Bertz CT molecular complexity index is 604. The summed E-state index contributed by atoms with van der Waals surface area (Å²) in [6.07, 6.45) is 6.87. The number of hydrogen-bond donors (Lipinski definition) is 2. The number of nitrogens with zero attached hydrogens (tertiary/aromatic N) is 1. The number of fused-ring (bicyclic) bond motifs is 1. The van der Waals surface area contributed by atoms with E-state index in [1.807, 2.05) is 13.1 Å². The highest BCUT2D eigenvalue weighted by Gasteiger charge is 2.29. The number of hydrogen-bond acceptors (Lipinski definition) is 4. The van der Waals surface area contributed by atoms with Crippen molar-refractivity contribution >= 4 is 36.2 Å². The summed E-state index contributed by atoms with van der Waals surface area (Å²) in [6, 6.07) is 6.39. The molecule has 0 unspecified atom stereocenters. The predicted octanol–water partition coefficient (Wildman–Crippen LogP) is 5.65. The highest BCUT2D eigenvalue weighted by Crippen LogP contribution is 2.39. The van der Waals surface area contributed by atoms with Crippen LogP contribution in [0.4, 0.5) is 5.69 Å². The van der Waals surface area contributed by atoms with Gasteiger partial charge in [0.15, 0.2) is 0 Å². The fourth-order valence-corrected chi connectivity index (χ4v) is 4.44. The third kappa shape index (κ3) is 9.19. The molecule has 0 bridgehead atoms. The van der Waals surface area contributed by atoms with Gasteiger partial charge in [-0.15, -0.1) is 0 Å². The maximum absolute atomic E-state index is 9.10. The van der Waals surface area contributed by atoms with E-state index in [4.69, 9.17) is 16.4 Å². The summed E-state index contributed by atoms with van der Waals surface area (Å²) in [5.41, 5.74) is 3.57. The second-order valence-electron chi connectivity index (χ2n) is 9.32. The first-order valence-electron chi connectivity index (χ1n) is 10.4. The maximum atomic E-state index is 9.10. The largest absolute Gasteiger partial charge is 0.371 e. The van der Waals surface area contributed by atoms with Gasteiger partial charge in [0.05, 0.1) is 0 Å². The van der Waals surface area contributed by atoms with Crippen LogP contribution in [-0.4, -0.2) is 38.7 Å². The van der Waals surface area contributed by atoms with Gasteiger partial charge in [0.1, 0.15) is 6.29 Å². The van der Waals surface area contributed by atoms with E-state index in [2.05, 4.69) is 62.7 Å². The first-order chi connectivity index (χ1) is 13.1. The van der Waals surface area contributed by atoms with Crippen molar-refractivity contribution in [2.75, 3.05) is 37.3 Å². The van der Waals surface area contributed by atoms with Gasteiger partial charge in [0.2, 0.25) is 0 Å². The molecule has 0 amide bonds. The minimum Gasteiger partial charge on any atom is -0.371 e. The Labute approximate surface area is 183 Å². The van der Waals surface area contributed by atoms with Crippen molar-refractivity contribution in [3.05, 3.63) is 28.8 Å². The summed E-state index contributed by atoms with van der Waals surface area (Å²) in [6.45, 7) is 13.1. The van der Waals surface area contributed by atoms with Crippen molar-refractivity contribution in [2.24, 2.45) is 10.8 Å². The van der Waals surface area contributed by atoms with Crippen LogP contribution in [0.5, 0.6) is 0 Å². The third-order valence-electron chi connectivity index (χ3n) is 5.40. The lowest BCUT2D eigenvalue weighted by molar-refractivity contribution is -0.105. The normalized spacial score (nSPS) is 14.2. The van der Waals surface area contributed by atoms with Crippen molar-refractivity contribution in [1.29, 1.82) is 0 Å². The Kier molecular flexibility index (Phi) is 10.9. The van der Waals surface area contributed by atoms with Crippen LogP contribution in [0.15, 0.2) is 18.2 Å². The first kappa shape index (κ1) is 25.3. The van der Waals surface area contributed by atoms with Gasteiger partial charge in [-0.3, -0.25) is 0 Å². The molecule has 1 heterocycles. The number of carbonyl (C=O) groups is 1. The van der Waals surface area contributed by atoms with Gasteiger partial charge in [0.25, 0.3) is 0 Å². The zero-order valence-corrected chi connectivity index (χ0v) is 20.0. The zero-order chi connectivity index (χ0) is 21.2. The van der Waals surface area contributed by atoms with E-state index in [0.29, 0.717) is 16.6 Å². The standard InChI is InChI=1S/C21H35ClN2.C2H4OS/c1-20(2,10-12-23-5)16-21(3,4)11-14-24-13-6-7-17-15-18(22)8-9-19(17)24;3-1-2-4/h8-9,15,23H,6-7,10-14,16H2,1-5H3;1,4H,2H2. The molecule has 0 fully saturated rings. The van der Waals surface area contributed by atoms with Crippen molar-refractivity contribution in [3.63, 3.8) is 0 Å². The highest BCUT2D eigenvalue weighted by molar-refractivity contribution is 7.80. The van der Waals surface area contributed by atoms with Crippen molar-refractivity contribution in [3.8, 4) is 0 Å². The van der Waals surface area contributed by atoms with E-state index in [-0.39, 0.29) is 0 Å². The van der Waals surface area contributed by atoms with Crippen LogP contribution in [0.3, 0.4) is 0 Å². The molecule has 0 aromatic heterocycles. The Balaban J connectivity index is 0.000000892. The quantitative estimate of drug-likeness (QED) is 0.395. The summed E-state index contributed by atoms with van der Waals surface area (Å²) in [4.78, 5) is 11.7. The number of anilines is 1. The molecule has 160 valence electrons. The van der Waals surface area contributed by atoms with Gasteiger partial charge < -0.3 is 15.0 Å². The number of halogens is 1. The van der Waals surface area contributed by atoms with Gasteiger partial charge >= 0.3 is 0 Å². The summed E-state index contributed by atoms with van der Waals surface area (Å²) >= 11 is 9.72. The Morgan fingerprint density at radius 1 is 1.21 bits per heavy atom. The fourth-order valence-electron chi connectivity index (χ4n) is 4.25. The SMILES string of the molecule is CNCCC(C)(C)CC(C)(C)CCN1CCCc2cc(Cl)ccc21.O=CCS. The van der Waals surface area contributed by atoms with Crippen LogP contribution in [0, 0.1) is 10.8 Å². The molecular weight excluding hydrogens is 388 g/mol. The van der Waals surface area contributed by atoms with Crippen LogP contribution in [-0.2, 0) is 11.2 Å². The average molecular weight is 427 g/mol. The number of aryl methyl sites for hydroxylation is 1. The fraction of sp³-hybridized carbons (Fsp3) is 0.696. The number of rotatable bonds is 9. The first-order valence-corrected chi connectivity index (χ1v) is 11.4.